The summed E-state index contributed by atoms with van der Waals surface area (Å²) in [4.78, 5) is 10.0. The van der Waals surface area contributed by atoms with E-state index in [1.807, 2.05) is 24.3 Å². The fourth-order valence-electron chi connectivity index (χ4n) is 9.33. The fraction of sp³-hybridized carbons (Fsp3) is 0.644. The number of aromatic nitrogens is 1. The second-order valence-electron chi connectivity index (χ2n) is 17.9. The highest BCUT2D eigenvalue weighted by Crippen LogP contribution is 2.53. The van der Waals surface area contributed by atoms with E-state index in [9.17, 15) is 27.1 Å². The van der Waals surface area contributed by atoms with E-state index >= 15 is 4.39 Å². The van der Waals surface area contributed by atoms with Crippen LogP contribution in [0.1, 0.15) is 163 Å². The van der Waals surface area contributed by atoms with Crippen LogP contribution in [-0.4, -0.2) is 34.5 Å². The van der Waals surface area contributed by atoms with Gasteiger partial charge in [0.1, 0.15) is 11.9 Å². The Morgan fingerprint density at radius 3 is 2.38 bits per heavy atom. The van der Waals surface area contributed by atoms with Gasteiger partial charge >= 0.3 is 6.18 Å². The molecule has 4 nitrogen and oxygen atoms in total. The van der Waals surface area contributed by atoms with Gasteiger partial charge in [0, 0.05) is 47.2 Å². The number of rotatable bonds is 10. The first-order valence-electron chi connectivity index (χ1n) is 20.5. The summed E-state index contributed by atoms with van der Waals surface area (Å²) in [6.07, 6.45) is 12.2. The molecule has 3 unspecified atom stereocenters. The van der Waals surface area contributed by atoms with Crippen molar-refractivity contribution < 1.29 is 36.2 Å². The van der Waals surface area contributed by atoms with Gasteiger partial charge < -0.3 is 9.84 Å². The summed E-state index contributed by atoms with van der Waals surface area (Å²) in [6.45, 7) is 9.08. The summed E-state index contributed by atoms with van der Waals surface area (Å²) in [5.41, 5.74) is 2.71. The molecule has 4 aliphatic carbocycles. The first-order valence-corrected chi connectivity index (χ1v) is 20.5. The van der Waals surface area contributed by atoms with Crippen molar-refractivity contribution in [2.24, 2.45) is 28.2 Å². The van der Waals surface area contributed by atoms with Crippen LogP contribution in [-0.2, 0) is 11.2 Å². The van der Waals surface area contributed by atoms with Gasteiger partial charge in [0.2, 0.25) is 5.92 Å². The Kier molecular flexibility index (Phi) is 12.9. The van der Waals surface area contributed by atoms with Crippen molar-refractivity contribution >= 4 is 5.71 Å². The minimum Gasteiger partial charge on any atom is -0.492 e. The molecule has 55 heavy (non-hydrogen) atoms. The number of allylic oxidation sites excluding steroid dienone is 8. The van der Waals surface area contributed by atoms with Gasteiger partial charge in [0.15, 0.2) is 0 Å². The highest BCUT2D eigenvalue weighted by atomic mass is 19.4. The third-order valence-corrected chi connectivity index (χ3v) is 12.3. The van der Waals surface area contributed by atoms with E-state index in [1.54, 1.807) is 6.20 Å². The van der Waals surface area contributed by atoms with Crippen LogP contribution in [0.2, 0.25) is 0 Å². The van der Waals surface area contributed by atoms with E-state index in [4.69, 9.17) is 14.7 Å². The fourth-order valence-corrected chi connectivity index (χ4v) is 9.33. The Balaban J connectivity index is 1.34. The quantitative estimate of drug-likeness (QED) is 0.190. The van der Waals surface area contributed by atoms with Crippen molar-refractivity contribution in [2.45, 2.75) is 154 Å². The van der Waals surface area contributed by atoms with Crippen LogP contribution in [0.3, 0.4) is 0 Å². The van der Waals surface area contributed by atoms with E-state index in [0.29, 0.717) is 59.4 Å². The average Bonchev–Trinajstić information content (AvgIpc) is 3.34. The molecule has 5 atom stereocenters. The molecule has 1 aliphatic heterocycles. The molecule has 0 radical (unpaired) electrons. The van der Waals surface area contributed by atoms with E-state index in [-0.39, 0.29) is 43.4 Å². The van der Waals surface area contributed by atoms with E-state index in [0.717, 1.165) is 68.6 Å². The zero-order chi connectivity index (χ0) is 39.5. The van der Waals surface area contributed by atoms with Crippen molar-refractivity contribution in [3.05, 3.63) is 88.1 Å². The lowest BCUT2D eigenvalue weighted by atomic mass is 9.68. The van der Waals surface area contributed by atoms with E-state index < -0.39 is 41.8 Å². The van der Waals surface area contributed by atoms with Gasteiger partial charge in [-0.15, -0.1) is 0 Å². The minimum absolute atomic E-state index is 0.123. The first-order chi connectivity index (χ1) is 26.0. The number of nitrogens with zero attached hydrogens (tertiary/aromatic N) is 2. The maximum atomic E-state index is 17.5. The maximum Gasteiger partial charge on any atom is 0.416 e. The highest BCUT2D eigenvalue weighted by molar-refractivity contribution is 5.95. The van der Waals surface area contributed by atoms with Crippen molar-refractivity contribution in [3.8, 4) is 0 Å². The summed E-state index contributed by atoms with van der Waals surface area (Å²) >= 11 is 0. The van der Waals surface area contributed by atoms with Gasteiger partial charge in [0.25, 0.3) is 0 Å². The number of alkyl halides is 6. The van der Waals surface area contributed by atoms with Gasteiger partial charge in [-0.3, -0.25) is 9.98 Å². The molecule has 0 aromatic carbocycles. The van der Waals surface area contributed by atoms with E-state index in [1.165, 1.54) is 6.08 Å². The van der Waals surface area contributed by atoms with Gasteiger partial charge in [0.05, 0.1) is 30.2 Å². The van der Waals surface area contributed by atoms with Crippen LogP contribution in [0, 0.1) is 23.2 Å². The molecule has 2 fully saturated rings. The predicted octanol–water partition coefficient (Wildman–Crippen LogP) is 13.0. The number of pyridine rings is 1. The molecule has 1 aromatic heterocycles. The second kappa shape index (κ2) is 17.2. The number of ether oxygens (including phenoxy) is 1. The zero-order valence-corrected chi connectivity index (χ0v) is 32.8. The number of aliphatic hydroxyl groups excluding tert-OH is 1. The van der Waals surface area contributed by atoms with Gasteiger partial charge in [-0.2, -0.15) is 13.2 Å². The number of aliphatic hydroxyl groups is 1. The molecule has 0 amide bonds. The van der Waals surface area contributed by atoms with Gasteiger partial charge in [-0.1, -0.05) is 70.9 Å². The Bertz CT molecular complexity index is 1710. The number of hydrogen-bond donors (Lipinski definition) is 1. The number of aliphatic imine (C=N–C) groups is 1. The molecular weight excluding hydrogens is 714 g/mol. The SMILES string of the molecule is CC(C)CCOC1=C/N=C(CC2CCCC(c3nc4c(c(C5CCC(F)(F)CC5)c3[C@@H](F)C3C=CC(C(F)(F)F)=CC3)[C@@H](O)CC(C)(C)C4)CC2)/C=C\C=C\1. The Morgan fingerprint density at radius 2 is 1.69 bits per heavy atom. The summed E-state index contributed by atoms with van der Waals surface area (Å²) < 4.78 is 93.3. The third-order valence-electron chi connectivity index (χ3n) is 12.3. The summed E-state index contributed by atoms with van der Waals surface area (Å²) in [5.74, 6) is -2.63. The van der Waals surface area contributed by atoms with Crippen LogP contribution >= 0.6 is 0 Å². The number of hydrogen-bond acceptors (Lipinski definition) is 4. The van der Waals surface area contributed by atoms with Crippen molar-refractivity contribution in [2.75, 3.05) is 6.61 Å². The summed E-state index contributed by atoms with van der Waals surface area (Å²) in [6, 6.07) is 0. The number of halogens is 6. The second-order valence-corrected chi connectivity index (χ2v) is 17.9. The van der Waals surface area contributed by atoms with Crippen molar-refractivity contribution in [3.63, 3.8) is 0 Å². The molecule has 5 aliphatic rings. The molecule has 6 rings (SSSR count). The highest BCUT2D eigenvalue weighted by Gasteiger charge is 2.44. The molecule has 0 spiro atoms. The lowest BCUT2D eigenvalue weighted by Crippen LogP contribution is -2.32. The standard InChI is InChI=1S/C45H58F6N2O2/c1-28(2)20-23-55-35-11-6-5-10-34(52-27-35)24-29-8-7-9-32(13-12-29)42-40(41(46)31-14-16-33(17-15-31)45(49,50)51)38(30-18-21-44(47,48)22-19-30)39-36(53-42)25-43(3,4)26-37(39)54/h5-6,10-11,14,16-17,27-32,37,41,54H,7-9,12-13,15,18-26H2,1-4H3/b6-5?,10-5-,11-6+,34-10?,35-11?,35-27+,52-27?,52-34-/t29?,31?,32?,37-,41-/m0/s1. The Labute approximate surface area is 323 Å². The molecule has 1 N–H and O–H groups in total. The Morgan fingerprint density at radius 1 is 0.945 bits per heavy atom. The van der Waals surface area contributed by atoms with Crippen molar-refractivity contribution in [1.82, 2.24) is 4.98 Å². The summed E-state index contributed by atoms with van der Waals surface area (Å²) in [5, 5.41) is 11.7. The molecule has 302 valence electrons. The monoisotopic (exact) mass is 772 g/mol. The summed E-state index contributed by atoms with van der Waals surface area (Å²) in [7, 11) is 0. The smallest absolute Gasteiger partial charge is 0.416 e. The topological polar surface area (TPSA) is 54.7 Å². The predicted molar refractivity (Wildman–Crippen MR) is 206 cm³/mol. The molecular formula is C45H58F6N2O2. The van der Waals surface area contributed by atoms with Gasteiger partial charge in [-0.25, -0.2) is 13.2 Å². The van der Waals surface area contributed by atoms with Crippen LogP contribution in [0.4, 0.5) is 26.3 Å². The molecule has 10 heteroatoms. The van der Waals surface area contributed by atoms with Crippen molar-refractivity contribution in [1.29, 1.82) is 0 Å². The van der Waals surface area contributed by atoms with Crippen LogP contribution in [0.15, 0.2) is 65.1 Å². The van der Waals surface area contributed by atoms with Crippen LogP contribution < -0.4 is 0 Å². The van der Waals surface area contributed by atoms with Crippen LogP contribution in [0.5, 0.6) is 0 Å². The molecule has 2 saturated carbocycles. The van der Waals surface area contributed by atoms with Gasteiger partial charge in [-0.05, 0) is 105 Å². The molecule has 1 aromatic rings. The largest absolute Gasteiger partial charge is 0.492 e. The maximum absolute atomic E-state index is 17.5. The van der Waals surface area contributed by atoms with E-state index in [2.05, 4.69) is 27.7 Å². The molecule has 2 heterocycles. The lowest BCUT2D eigenvalue weighted by Gasteiger charge is -2.41. The van der Waals surface area contributed by atoms with Crippen LogP contribution in [0.25, 0.3) is 0 Å². The number of fused-ring (bicyclic) bond motifs is 1. The molecule has 0 saturated heterocycles. The normalized spacial score (nSPS) is 30.7. The minimum atomic E-state index is -4.54. The Hall–Kier alpha value is -3.14. The zero-order valence-electron chi connectivity index (χ0n) is 32.8. The average molecular weight is 773 g/mol. The first kappa shape index (κ1) is 41.5. The lowest BCUT2D eigenvalue weighted by molar-refractivity contribution is -0.0888. The molecule has 0 bridgehead atoms. The third kappa shape index (κ3) is 10.4.